The van der Waals surface area contributed by atoms with Gasteiger partial charge in [0, 0.05) is 23.2 Å². The maximum Gasteiger partial charge on any atom is 0.275 e. The van der Waals surface area contributed by atoms with Crippen molar-refractivity contribution in [2.75, 3.05) is 12.0 Å². The third kappa shape index (κ3) is 4.27. The van der Waals surface area contributed by atoms with Gasteiger partial charge in [0.1, 0.15) is 17.0 Å². The number of methoxy groups -OCH3 is 1. The average molecular weight is 488 g/mol. The minimum absolute atomic E-state index is 0.0854. The Bertz CT molecular complexity index is 1300. The van der Waals surface area contributed by atoms with E-state index in [0.717, 1.165) is 59.2 Å². The molecule has 1 aliphatic heterocycles. The van der Waals surface area contributed by atoms with Crippen LogP contribution in [0, 0.1) is 13.8 Å². The lowest BCUT2D eigenvalue weighted by Crippen LogP contribution is -2.65. The van der Waals surface area contributed by atoms with Gasteiger partial charge >= 0.3 is 0 Å². The number of nitrogens with one attached hydrogen (secondary N) is 1. The molecule has 0 bridgehead atoms. The van der Waals surface area contributed by atoms with E-state index in [9.17, 15) is 9.59 Å². The zero-order valence-corrected chi connectivity index (χ0v) is 21.9. The highest BCUT2D eigenvalue weighted by atomic mass is 16.5. The molecule has 1 N–H and O–H groups in total. The van der Waals surface area contributed by atoms with Crippen LogP contribution in [0.4, 0.5) is 5.69 Å². The van der Waals surface area contributed by atoms with Crippen LogP contribution in [0.3, 0.4) is 0 Å². The van der Waals surface area contributed by atoms with E-state index in [4.69, 9.17) is 4.74 Å². The lowest BCUT2D eigenvalue weighted by atomic mass is 9.90. The van der Waals surface area contributed by atoms with Crippen LogP contribution in [-0.4, -0.2) is 35.1 Å². The fourth-order valence-corrected chi connectivity index (χ4v) is 5.88. The van der Waals surface area contributed by atoms with E-state index in [1.165, 1.54) is 19.3 Å². The normalized spacial score (nSPS) is 21.1. The number of amides is 2. The minimum Gasteiger partial charge on any atom is -0.497 e. The van der Waals surface area contributed by atoms with Crippen molar-refractivity contribution in [3.8, 4) is 5.75 Å². The van der Waals surface area contributed by atoms with Gasteiger partial charge in [-0.1, -0.05) is 44.2 Å². The summed E-state index contributed by atoms with van der Waals surface area (Å²) in [6.45, 7) is 6.31. The molecule has 2 aliphatic rings. The van der Waals surface area contributed by atoms with Crippen molar-refractivity contribution in [1.82, 2.24) is 9.88 Å². The van der Waals surface area contributed by atoms with E-state index < -0.39 is 5.54 Å². The maximum absolute atomic E-state index is 14.2. The van der Waals surface area contributed by atoms with Crippen LogP contribution < -0.4 is 15.0 Å². The lowest BCUT2D eigenvalue weighted by molar-refractivity contribution is -0.127. The van der Waals surface area contributed by atoms with Crippen molar-refractivity contribution in [2.24, 2.45) is 0 Å². The first-order valence-corrected chi connectivity index (χ1v) is 13.2. The van der Waals surface area contributed by atoms with Crippen molar-refractivity contribution < 1.29 is 14.3 Å². The quantitative estimate of drug-likeness (QED) is 0.497. The van der Waals surface area contributed by atoms with Gasteiger partial charge in [0.25, 0.3) is 5.91 Å². The third-order valence-corrected chi connectivity index (χ3v) is 8.03. The highest BCUT2D eigenvalue weighted by Crippen LogP contribution is 2.38. The molecule has 1 atom stereocenters. The van der Waals surface area contributed by atoms with E-state index in [1.807, 2.05) is 67.8 Å². The fourth-order valence-electron chi connectivity index (χ4n) is 5.88. The Morgan fingerprint density at radius 2 is 1.72 bits per heavy atom. The number of nitrogens with zero attached hydrogens (tertiary/aromatic N) is 2. The molecule has 1 aliphatic carbocycles. The lowest BCUT2D eigenvalue weighted by Gasteiger charge is -2.45. The predicted octanol–water partition coefficient (Wildman–Crippen LogP) is 5.91. The molecular weight excluding hydrogens is 450 g/mol. The molecule has 6 nitrogen and oxygen atoms in total. The van der Waals surface area contributed by atoms with Crippen LogP contribution in [-0.2, 0) is 11.3 Å². The number of carbonyl (C=O) groups excluding carboxylic acids is 2. The molecule has 0 spiro atoms. The summed E-state index contributed by atoms with van der Waals surface area (Å²) in [6.07, 6.45) is 7.97. The number of anilines is 1. The average Bonchev–Trinajstić information content (AvgIpc) is 3.20. The molecule has 1 unspecified atom stereocenters. The standard InChI is InChI=1S/C30H37N3O3/c1-20-12-13-21(2)25(16-20)33-28(34)27-17-22-14-15-24(36-4)18-26(22)32(27)19-30(33,3)29(35)31-23-10-8-6-5-7-9-11-23/h12-18,23H,5-11,19H2,1-4H3,(H,31,35). The predicted molar refractivity (Wildman–Crippen MR) is 144 cm³/mol. The molecular formula is C30H37N3O3. The summed E-state index contributed by atoms with van der Waals surface area (Å²) in [5.41, 5.74) is 3.25. The fraction of sp³-hybridized carbons (Fsp3) is 0.467. The summed E-state index contributed by atoms with van der Waals surface area (Å²) >= 11 is 0. The molecule has 1 fully saturated rings. The molecule has 2 heterocycles. The van der Waals surface area contributed by atoms with Crippen molar-refractivity contribution in [1.29, 1.82) is 0 Å². The van der Waals surface area contributed by atoms with E-state index in [-0.39, 0.29) is 17.9 Å². The monoisotopic (exact) mass is 487 g/mol. The highest BCUT2D eigenvalue weighted by molar-refractivity contribution is 6.14. The Morgan fingerprint density at radius 1 is 1.00 bits per heavy atom. The summed E-state index contributed by atoms with van der Waals surface area (Å²) < 4.78 is 7.46. The van der Waals surface area contributed by atoms with Gasteiger partial charge in [-0.25, -0.2) is 0 Å². The Morgan fingerprint density at radius 3 is 2.44 bits per heavy atom. The Labute approximate surface area is 213 Å². The van der Waals surface area contributed by atoms with Gasteiger partial charge < -0.3 is 14.6 Å². The summed E-state index contributed by atoms with van der Waals surface area (Å²) in [5, 5.41) is 4.34. The molecule has 5 rings (SSSR count). The molecule has 0 saturated heterocycles. The van der Waals surface area contributed by atoms with Gasteiger partial charge in [-0.05, 0) is 69.0 Å². The first-order valence-electron chi connectivity index (χ1n) is 13.2. The highest BCUT2D eigenvalue weighted by Gasteiger charge is 2.49. The SMILES string of the molecule is COc1ccc2cc3n(c2c1)CC(C)(C(=O)NC1CCCCCCC1)N(c1cc(C)ccc1C)C3=O. The number of fused-ring (bicyclic) bond motifs is 3. The molecule has 2 amide bonds. The van der Waals surface area contributed by atoms with Gasteiger partial charge in [-0.15, -0.1) is 0 Å². The summed E-state index contributed by atoms with van der Waals surface area (Å²) in [5.74, 6) is 0.492. The second-order valence-corrected chi connectivity index (χ2v) is 10.8. The Balaban J connectivity index is 1.61. The third-order valence-electron chi connectivity index (χ3n) is 8.03. The molecule has 3 aromatic rings. The van der Waals surface area contributed by atoms with Crippen LogP contribution >= 0.6 is 0 Å². The molecule has 0 radical (unpaired) electrons. The second kappa shape index (κ2) is 9.64. The zero-order chi connectivity index (χ0) is 25.4. The zero-order valence-electron chi connectivity index (χ0n) is 21.9. The van der Waals surface area contributed by atoms with E-state index >= 15 is 0 Å². The number of aromatic nitrogens is 1. The molecule has 190 valence electrons. The number of ether oxygens (including phenoxy) is 1. The number of carbonyl (C=O) groups is 2. The van der Waals surface area contributed by atoms with Crippen molar-refractivity contribution in [3.05, 3.63) is 59.3 Å². The van der Waals surface area contributed by atoms with Crippen molar-refractivity contribution in [2.45, 2.75) is 83.8 Å². The maximum atomic E-state index is 14.2. The van der Waals surface area contributed by atoms with E-state index in [1.54, 1.807) is 12.0 Å². The van der Waals surface area contributed by atoms with Crippen LogP contribution in [0.15, 0.2) is 42.5 Å². The van der Waals surface area contributed by atoms with Crippen LogP contribution in [0.1, 0.15) is 73.5 Å². The van der Waals surface area contributed by atoms with Crippen LogP contribution in [0.5, 0.6) is 5.75 Å². The van der Waals surface area contributed by atoms with E-state index in [2.05, 4.69) is 5.32 Å². The van der Waals surface area contributed by atoms with Gasteiger partial charge in [0.2, 0.25) is 5.91 Å². The van der Waals surface area contributed by atoms with Crippen LogP contribution in [0.25, 0.3) is 10.9 Å². The van der Waals surface area contributed by atoms with E-state index in [0.29, 0.717) is 12.2 Å². The first kappa shape index (κ1) is 24.4. The number of benzene rings is 2. The molecule has 2 aromatic carbocycles. The smallest absolute Gasteiger partial charge is 0.275 e. The largest absolute Gasteiger partial charge is 0.497 e. The number of aryl methyl sites for hydroxylation is 2. The van der Waals surface area contributed by atoms with Gasteiger partial charge in [0.05, 0.1) is 19.2 Å². The number of hydrogen-bond acceptors (Lipinski definition) is 3. The summed E-state index contributed by atoms with van der Waals surface area (Å²) in [4.78, 5) is 30.1. The molecule has 36 heavy (non-hydrogen) atoms. The van der Waals surface area contributed by atoms with Crippen molar-refractivity contribution >= 4 is 28.4 Å². The molecule has 1 saturated carbocycles. The van der Waals surface area contributed by atoms with Gasteiger partial charge in [0.15, 0.2) is 0 Å². The van der Waals surface area contributed by atoms with Gasteiger partial charge in [-0.2, -0.15) is 0 Å². The first-order chi connectivity index (χ1) is 17.3. The Kier molecular flexibility index (Phi) is 6.54. The van der Waals surface area contributed by atoms with Crippen molar-refractivity contribution in [3.63, 3.8) is 0 Å². The topological polar surface area (TPSA) is 63.6 Å². The number of rotatable bonds is 4. The molecule has 6 heteroatoms. The van der Waals surface area contributed by atoms with Crippen LogP contribution in [0.2, 0.25) is 0 Å². The van der Waals surface area contributed by atoms with Gasteiger partial charge in [-0.3, -0.25) is 14.5 Å². The second-order valence-electron chi connectivity index (χ2n) is 10.8. The Hall–Kier alpha value is -3.28. The number of hydrogen-bond donors (Lipinski definition) is 1. The summed E-state index contributed by atoms with van der Waals surface area (Å²) in [7, 11) is 1.64. The summed E-state index contributed by atoms with van der Waals surface area (Å²) in [6, 6.07) is 14.0. The molecule has 1 aromatic heterocycles. The minimum atomic E-state index is -1.08.